The number of hydrogen-bond acceptors (Lipinski definition) is 12. The molecule has 4 aromatic rings. The fourth-order valence-electron chi connectivity index (χ4n) is 11.0. The number of aromatic nitrogens is 4. The first-order chi connectivity index (χ1) is 31.1. The topological polar surface area (TPSA) is 175 Å². The molecular weight excluding hydrogens is 883 g/mol. The van der Waals surface area contributed by atoms with Crippen molar-refractivity contribution in [2.24, 2.45) is 24.3 Å². The average Bonchev–Trinajstić information content (AvgIpc) is 3.85. The standard InChI is InChI=1S/C46H57F4N9O6S/c1-27-21-30(5-6-33(27)52-42-51-24-32(46(48,49)50)40(54-42)58-18-13-29(26-58)44(2,3)63)66(64,65)31-22-45(23-31)14-19-56(20-15-45)25-28-11-16-57(17-12-28)34-7-8-35-39(38(34)47)55(4)43(62)59(35)36-9-10-37(60)53-41(36)61/h5-8,21,24,28-29,31,36,63H,9-20,22-23,25-26H2,1-4H3,(H,51,52,54)(H,53,60,61)/t29-,36?/m1/s1. The number of fused-ring (bicyclic) bond motifs is 1. The molecular formula is C46H57F4N9O6S. The minimum atomic E-state index is -4.68. The molecule has 4 saturated heterocycles. The number of carbonyl (C=O) groups is 2. The van der Waals surface area contributed by atoms with Gasteiger partial charge in [0.15, 0.2) is 15.7 Å². The summed E-state index contributed by atoms with van der Waals surface area (Å²) in [7, 11) is -2.15. The third-order valence-corrected chi connectivity index (χ3v) is 17.3. The Morgan fingerprint density at radius 3 is 2.29 bits per heavy atom. The minimum Gasteiger partial charge on any atom is -0.390 e. The molecule has 1 saturated carbocycles. The first-order valence-electron chi connectivity index (χ1n) is 22.9. The number of anilines is 4. The number of sulfone groups is 1. The van der Waals surface area contributed by atoms with Crippen molar-refractivity contribution in [3.8, 4) is 0 Å². The molecule has 9 rings (SSSR count). The number of hydrogen-bond donors (Lipinski definition) is 3. The second-order valence-corrected chi connectivity index (χ2v) is 22.1. The van der Waals surface area contributed by atoms with Crippen LogP contribution in [0.4, 0.5) is 40.7 Å². The molecule has 5 fully saturated rings. The van der Waals surface area contributed by atoms with Crippen molar-refractivity contribution < 1.29 is 40.7 Å². The molecule has 1 spiro atoms. The van der Waals surface area contributed by atoms with Gasteiger partial charge in [0.2, 0.25) is 17.8 Å². The first kappa shape index (κ1) is 46.0. The molecule has 356 valence electrons. The number of aryl methyl sites for hydroxylation is 2. The van der Waals surface area contributed by atoms with Crippen molar-refractivity contribution in [2.45, 2.75) is 107 Å². The van der Waals surface area contributed by atoms with Gasteiger partial charge >= 0.3 is 11.9 Å². The number of nitrogens with one attached hydrogen (secondary N) is 2. The van der Waals surface area contributed by atoms with Crippen LogP contribution in [0.25, 0.3) is 11.0 Å². The van der Waals surface area contributed by atoms with Crippen molar-refractivity contribution in [3.05, 3.63) is 64.0 Å². The Hall–Kier alpha value is -5.08. The molecule has 1 aliphatic carbocycles. The Kier molecular flexibility index (Phi) is 11.8. The van der Waals surface area contributed by atoms with Crippen molar-refractivity contribution >= 4 is 55.8 Å². The number of amides is 2. The van der Waals surface area contributed by atoms with Gasteiger partial charge in [-0.2, -0.15) is 18.2 Å². The third kappa shape index (κ3) is 8.56. The van der Waals surface area contributed by atoms with Gasteiger partial charge in [0.05, 0.1) is 27.0 Å². The molecule has 15 nitrogen and oxygen atoms in total. The van der Waals surface area contributed by atoms with E-state index in [1.54, 1.807) is 45.0 Å². The van der Waals surface area contributed by atoms with Crippen molar-refractivity contribution in [3.63, 3.8) is 0 Å². The fourth-order valence-corrected chi connectivity index (χ4v) is 13.2. The van der Waals surface area contributed by atoms with Gasteiger partial charge in [0.1, 0.15) is 22.9 Å². The summed E-state index contributed by atoms with van der Waals surface area (Å²) in [5.74, 6) is -1.60. The van der Waals surface area contributed by atoms with Crippen LogP contribution in [0.1, 0.15) is 88.8 Å². The normalized spacial score (nSPS) is 22.6. The summed E-state index contributed by atoms with van der Waals surface area (Å²) in [6.07, 6.45) is 1.58. The Balaban J connectivity index is 0.771. The number of piperidine rings is 3. The molecule has 6 heterocycles. The highest BCUT2D eigenvalue weighted by atomic mass is 32.2. The molecule has 1 unspecified atom stereocenters. The van der Waals surface area contributed by atoms with E-state index < -0.39 is 61.8 Å². The van der Waals surface area contributed by atoms with E-state index in [4.69, 9.17) is 0 Å². The predicted molar refractivity (Wildman–Crippen MR) is 240 cm³/mol. The molecule has 0 radical (unpaired) electrons. The zero-order valence-electron chi connectivity index (χ0n) is 37.6. The van der Waals surface area contributed by atoms with E-state index >= 15 is 4.39 Å². The van der Waals surface area contributed by atoms with Gasteiger partial charge in [-0.05, 0) is 132 Å². The van der Waals surface area contributed by atoms with Gasteiger partial charge in [-0.25, -0.2) is 22.6 Å². The molecule has 2 aromatic carbocycles. The maximum Gasteiger partial charge on any atom is 0.421 e. The summed E-state index contributed by atoms with van der Waals surface area (Å²) in [5.41, 5.74) is -0.652. The summed E-state index contributed by atoms with van der Waals surface area (Å²) >= 11 is 0. The molecule has 5 aliphatic rings. The second-order valence-electron chi connectivity index (χ2n) is 19.9. The number of imidazole rings is 1. The number of aliphatic hydroxyl groups is 1. The molecule has 2 aromatic heterocycles. The first-order valence-corrected chi connectivity index (χ1v) is 24.4. The van der Waals surface area contributed by atoms with Crippen molar-refractivity contribution in [1.82, 2.24) is 29.3 Å². The number of benzene rings is 2. The molecule has 2 amide bonds. The van der Waals surface area contributed by atoms with Crippen LogP contribution in [0.15, 0.2) is 46.2 Å². The smallest absolute Gasteiger partial charge is 0.390 e. The van der Waals surface area contributed by atoms with E-state index in [0.717, 1.165) is 51.5 Å². The van der Waals surface area contributed by atoms with E-state index in [1.165, 1.54) is 27.1 Å². The van der Waals surface area contributed by atoms with Gasteiger partial charge in [0, 0.05) is 64.0 Å². The zero-order chi connectivity index (χ0) is 47.1. The van der Waals surface area contributed by atoms with Crippen LogP contribution in [-0.4, -0.2) is 106 Å². The summed E-state index contributed by atoms with van der Waals surface area (Å²) < 4.78 is 88.6. The summed E-state index contributed by atoms with van der Waals surface area (Å²) in [4.78, 5) is 52.0. The van der Waals surface area contributed by atoms with E-state index in [0.29, 0.717) is 67.3 Å². The van der Waals surface area contributed by atoms with Crippen LogP contribution in [0.3, 0.4) is 0 Å². The number of nitrogens with zero attached hydrogens (tertiary/aromatic N) is 7. The van der Waals surface area contributed by atoms with Gasteiger partial charge in [-0.15, -0.1) is 0 Å². The highest BCUT2D eigenvalue weighted by Crippen LogP contribution is 2.53. The summed E-state index contributed by atoms with van der Waals surface area (Å²) in [6, 6.07) is 7.18. The quantitative estimate of drug-likeness (QED) is 0.128. The lowest BCUT2D eigenvalue weighted by molar-refractivity contribution is -0.138. The number of rotatable bonds is 10. The van der Waals surface area contributed by atoms with Crippen molar-refractivity contribution in [2.75, 3.05) is 60.9 Å². The maximum absolute atomic E-state index is 16.2. The largest absolute Gasteiger partial charge is 0.421 e. The Labute approximate surface area is 380 Å². The molecule has 66 heavy (non-hydrogen) atoms. The lowest BCUT2D eigenvalue weighted by Gasteiger charge is -2.52. The molecule has 2 atom stereocenters. The third-order valence-electron chi connectivity index (χ3n) is 15.2. The number of imide groups is 1. The number of carbonyl (C=O) groups excluding carboxylic acids is 2. The highest BCUT2D eigenvalue weighted by Gasteiger charge is 2.51. The maximum atomic E-state index is 16.2. The van der Waals surface area contributed by atoms with Gasteiger partial charge in [0.25, 0.3) is 0 Å². The van der Waals surface area contributed by atoms with Crippen LogP contribution in [-0.2, 0) is 32.7 Å². The monoisotopic (exact) mass is 939 g/mol. The van der Waals surface area contributed by atoms with Crippen LogP contribution < -0.4 is 26.1 Å². The highest BCUT2D eigenvalue weighted by molar-refractivity contribution is 7.92. The van der Waals surface area contributed by atoms with Crippen LogP contribution >= 0.6 is 0 Å². The van der Waals surface area contributed by atoms with Gasteiger partial charge < -0.3 is 25.1 Å². The van der Waals surface area contributed by atoms with E-state index in [-0.39, 0.29) is 52.9 Å². The average molecular weight is 940 g/mol. The number of likely N-dealkylation sites (tertiary alicyclic amines) is 1. The van der Waals surface area contributed by atoms with E-state index in [2.05, 4.69) is 25.5 Å². The Morgan fingerprint density at radius 2 is 1.65 bits per heavy atom. The SMILES string of the molecule is Cc1cc(S(=O)(=O)C2CC3(CCN(CC4CCN(c5ccc6c(c5F)n(C)c(=O)n6C5CCC(=O)NC5=O)CC4)CC3)C2)ccc1Nc1ncc(C(F)(F)F)c(N2CC[C@@H](C(C)(C)O)C2)n1. The Morgan fingerprint density at radius 1 is 0.955 bits per heavy atom. The zero-order valence-corrected chi connectivity index (χ0v) is 38.4. The predicted octanol–water partition coefficient (Wildman–Crippen LogP) is 5.85. The van der Waals surface area contributed by atoms with Gasteiger partial charge in [-0.3, -0.25) is 24.0 Å². The molecule has 4 aliphatic heterocycles. The van der Waals surface area contributed by atoms with Crippen LogP contribution in [0.2, 0.25) is 0 Å². The van der Waals surface area contributed by atoms with E-state index in [1.807, 2.05) is 4.90 Å². The Bertz CT molecular complexity index is 2730. The molecule has 0 bridgehead atoms. The lowest BCUT2D eigenvalue weighted by Crippen LogP contribution is -2.52. The lowest BCUT2D eigenvalue weighted by atomic mass is 9.63. The summed E-state index contributed by atoms with van der Waals surface area (Å²) in [5, 5.41) is 15.3. The molecule has 3 N–H and O–H groups in total. The fraction of sp³-hybridized carbons (Fsp3) is 0.587. The van der Waals surface area contributed by atoms with Crippen molar-refractivity contribution in [1.29, 1.82) is 0 Å². The minimum absolute atomic E-state index is 0.0263. The molecule has 20 heteroatoms. The number of halogens is 4. The number of alkyl halides is 3. The van der Waals surface area contributed by atoms with Crippen LogP contribution in [0, 0.1) is 30.0 Å². The van der Waals surface area contributed by atoms with Gasteiger partial charge in [-0.1, -0.05) is 0 Å². The van der Waals surface area contributed by atoms with Crippen LogP contribution in [0.5, 0.6) is 0 Å². The summed E-state index contributed by atoms with van der Waals surface area (Å²) in [6.45, 7) is 9.49. The van der Waals surface area contributed by atoms with E-state index in [9.17, 15) is 41.1 Å². The second kappa shape index (κ2) is 16.9.